The van der Waals surface area contributed by atoms with Crippen LogP contribution in [0.4, 0.5) is 21.0 Å². The van der Waals surface area contributed by atoms with Crippen molar-refractivity contribution in [2.45, 2.75) is 45.9 Å². The summed E-state index contributed by atoms with van der Waals surface area (Å²) in [6, 6.07) is 8.67. The normalized spacial score (nSPS) is 18.7. The second-order valence-electron chi connectivity index (χ2n) is 10.4. The van der Waals surface area contributed by atoms with Crippen molar-refractivity contribution in [3.05, 3.63) is 42.0 Å². The highest BCUT2D eigenvalue weighted by atomic mass is 16.7. The molecule has 0 unspecified atom stereocenters. The van der Waals surface area contributed by atoms with Crippen LogP contribution in [-0.4, -0.2) is 84.6 Å². The van der Waals surface area contributed by atoms with Crippen LogP contribution in [0.2, 0.25) is 0 Å². The highest BCUT2D eigenvalue weighted by Gasteiger charge is 2.35. The van der Waals surface area contributed by atoms with Gasteiger partial charge in [-0.2, -0.15) is 0 Å². The fourth-order valence-electron chi connectivity index (χ4n) is 4.53. The molecule has 2 heterocycles. The molecule has 12 nitrogen and oxygen atoms in total. The van der Waals surface area contributed by atoms with Gasteiger partial charge in [0.25, 0.3) is 5.91 Å². The number of likely N-dealkylation sites (N-methyl/N-ethyl adjacent to an activating group) is 1. The number of hydrogen-bond acceptors (Lipinski definition) is 7. The summed E-state index contributed by atoms with van der Waals surface area (Å²) in [4.78, 5) is 42.4. The Morgan fingerprint density at radius 2 is 1.88 bits per heavy atom. The molecule has 2 aromatic carbocycles. The molecule has 0 spiro atoms. The topological polar surface area (TPSA) is 142 Å². The molecule has 5 amide bonds. The summed E-state index contributed by atoms with van der Waals surface area (Å²) in [5.41, 5.74) is 1.02. The molecule has 3 atom stereocenters. The molecule has 0 saturated carbocycles. The van der Waals surface area contributed by atoms with Gasteiger partial charge in [0.1, 0.15) is 6.10 Å². The van der Waals surface area contributed by atoms with Gasteiger partial charge in [-0.25, -0.2) is 9.59 Å². The fourth-order valence-corrected chi connectivity index (χ4v) is 4.53. The number of nitrogens with zero attached hydrogens (tertiary/aromatic N) is 2. The molecular weight excluding hydrogens is 518 g/mol. The molecule has 0 saturated heterocycles. The van der Waals surface area contributed by atoms with Crippen LogP contribution in [0.3, 0.4) is 0 Å². The summed E-state index contributed by atoms with van der Waals surface area (Å²) in [7, 11) is 1.68. The Morgan fingerprint density at radius 1 is 1.12 bits per heavy atom. The van der Waals surface area contributed by atoms with E-state index >= 15 is 0 Å². The number of nitrogens with one attached hydrogen (secondary N) is 3. The standard InChI is InChI=1S/C28H37N5O7/c1-16(2)29-28(37)32(5)13-24-17(3)12-33(18(4)14-34)26(35)20-7-6-8-21(25(20)40-24)31-27(36)30-19-9-10-22-23(11-19)39-15-38-22/h6-11,16-18,24,34H,12-15H2,1-5H3,(H,29,37)(H2,30,31,36)/t17-,18-,24-/m0/s1. The van der Waals surface area contributed by atoms with Crippen molar-refractivity contribution in [1.82, 2.24) is 15.1 Å². The molecule has 0 aromatic heterocycles. The van der Waals surface area contributed by atoms with Gasteiger partial charge in [0.2, 0.25) is 6.79 Å². The lowest BCUT2D eigenvalue weighted by atomic mass is 9.99. The summed E-state index contributed by atoms with van der Waals surface area (Å²) in [6.45, 7) is 7.89. The number of anilines is 2. The third-order valence-corrected chi connectivity index (χ3v) is 6.78. The molecule has 0 fully saturated rings. The van der Waals surface area contributed by atoms with E-state index in [0.29, 0.717) is 23.7 Å². The lowest BCUT2D eigenvalue weighted by molar-refractivity contribution is 0.0368. The SMILES string of the molecule is CC(C)NC(=O)N(C)C[C@@H]1Oc2c(NC(=O)Nc3ccc4c(c3)OCO4)cccc2C(=O)N([C@@H](C)CO)C[C@@H]1C. The zero-order valence-electron chi connectivity index (χ0n) is 23.4. The van der Waals surface area contributed by atoms with Crippen LogP contribution in [0.25, 0.3) is 0 Å². The Labute approximate surface area is 233 Å². The molecule has 2 aliphatic rings. The molecule has 216 valence electrons. The zero-order valence-corrected chi connectivity index (χ0v) is 23.4. The van der Waals surface area contributed by atoms with Crippen LogP contribution < -0.4 is 30.2 Å². The van der Waals surface area contributed by atoms with Crippen molar-refractivity contribution < 1.29 is 33.7 Å². The highest BCUT2D eigenvalue weighted by Crippen LogP contribution is 2.36. The van der Waals surface area contributed by atoms with E-state index in [1.165, 1.54) is 4.90 Å². The van der Waals surface area contributed by atoms with Crippen molar-refractivity contribution in [2.75, 3.05) is 44.2 Å². The lowest BCUT2D eigenvalue weighted by Gasteiger charge is -2.38. The van der Waals surface area contributed by atoms with Gasteiger partial charge in [-0.1, -0.05) is 13.0 Å². The first kappa shape index (κ1) is 28.8. The second-order valence-corrected chi connectivity index (χ2v) is 10.4. The van der Waals surface area contributed by atoms with Gasteiger partial charge in [-0.05, 0) is 45.0 Å². The maximum Gasteiger partial charge on any atom is 0.323 e. The molecule has 40 heavy (non-hydrogen) atoms. The van der Waals surface area contributed by atoms with E-state index < -0.39 is 18.2 Å². The van der Waals surface area contributed by atoms with Crippen LogP contribution in [-0.2, 0) is 0 Å². The third-order valence-electron chi connectivity index (χ3n) is 6.78. The lowest BCUT2D eigenvalue weighted by Crippen LogP contribution is -2.51. The van der Waals surface area contributed by atoms with E-state index in [1.807, 2.05) is 20.8 Å². The van der Waals surface area contributed by atoms with Crippen LogP contribution in [0.15, 0.2) is 36.4 Å². The summed E-state index contributed by atoms with van der Waals surface area (Å²) >= 11 is 0. The van der Waals surface area contributed by atoms with Crippen LogP contribution in [0.5, 0.6) is 17.2 Å². The van der Waals surface area contributed by atoms with E-state index in [9.17, 15) is 19.5 Å². The van der Waals surface area contributed by atoms with E-state index in [0.717, 1.165) is 0 Å². The molecule has 0 bridgehead atoms. The number of para-hydroxylation sites is 1. The molecule has 0 radical (unpaired) electrons. The van der Waals surface area contributed by atoms with Crippen LogP contribution in [0, 0.1) is 5.92 Å². The van der Waals surface area contributed by atoms with E-state index in [-0.39, 0.29) is 60.8 Å². The van der Waals surface area contributed by atoms with Gasteiger partial charge in [0.05, 0.1) is 30.4 Å². The number of carbonyl (C=O) groups excluding carboxylic acids is 3. The smallest absolute Gasteiger partial charge is 0.323 e. The number of fused-ring (bicyclic) bond motifs is 2. The summed E-state index contributed by atoms with van der Waals surface area (Å²) in [6.07, 6.45) is -0.525. The Morgan fingerprint density at radius 3 is 2.60 bits per heavy atom. The average molecular weight is 556 g/mol. The first-order valence-electron chi connectivity index (χ1n) is 13.3. The van der Waals surface area contributed by atoms with Gasteiger partial charge in [-0.15, -0.1) is 0 Å². The number of aliphatic hydroxyl groups is 1. The minimum atomic E-state index is -0.552. The minimum Gasteiger partial charge on any atom is -0.485 e. The van der Waals surface area contributed by atoms with Crippen molar-refractivity contribution in [1.29, 1.82) is 0 Å². The molecular formula is C28H37N5O7. The van der Waals surface area contributed by atoms with Crippen LogP contribution >= 0.6 is 0 Å². The predicted molar refractivity (Wildman–Crippen MR) is 149 cm³/mol. The molecule has 2 aromatic rings. The first-order valence-corrected chi connectivity index (χ1v) is 13.3. The van der Waals surface area contributed by atoms with Gasteiger partial charge < -0.3 is 45.1 Å². The molecule has 12 heteroatoms. The fraction of sp³-hybridized carbons (Fsp3) is 0.464. The Hall–Kier alpha value is -4.19. The first-order chi connectivity index (χ1) is 19.1. The maximum absolute atomic E-state index is 13.6. The molecule has 4 rings (SSSR count). The van der Waals surface area contributed by atoms with Crippen molar-refractivity contribution >= 4 is 29.3 Å². The van der Waals surface area contributed by atoms with E-state index in [1.54, 1.807) is 55.3 Å². The summed E-state index contributed by atoms with van der Waals surface area (Å²) in [5, 5.41) is 18.3. The molecule has 0 aliphatic carbocycles. The quantitative estimate of drug-likeness (QED) is 0.411. The number of aliphatic hydroxyl groups excluding tert-OH is 1. The van der Waals surface area contributed by atoms with Gasteiger partial charge >= 0.3 is 12.1 Å². The maximum atomic E-state index is 13.6. The Balaban J connectivity index is 1.62. The van der Waals surface area contributed by atoms with Crippen molar-refractivity contribution in [2.24, 2.45) is 5.92 Å². The summed E-state index contributed by atoms with van der Waals surface area (Å²) < 4.78 is 17.1. The monoisotopic (exact) mass is 555 g/mol. The Bertz CT molecular complexity index is 1250. The van der Waals surface area contributed by atoms with Crippen LogP contribution in [0.1, 0.15) is 38.1 Å². The number of urea groups is 2. The van der Waals surface area contributed by atoms with Gasteiger partial charge in [-0.3, -0.25) is 4.79 Å². The van der Waals surface area contributed by atoms with Crippen molar-refractivity contribution in [3.63, 3.8) is 0 Å². The van der Waals surface area contributed by atoms with E-state index in [2.05, 4.69) is 16.0 Å². The number of carbonyl (C=O) groups is 3. The number of ether oxygens (including phenoxy) is 3. The average Bonchev–Trinajstić information content (AvgIpc) is 3.38. The molecule has 2 aliphatic heterocycles. The minimum absolute atomic E-state index is 0.0380. The van der Waals surface area contributed by atoms with E-state index in [4.69, 9.17) is 14.2 Å². The largest absolute Gasteiger partial charge is 0.485 e. The summed E-state index contributed by atoms with van der Waals surface area (Å²) in [5.74, 6) is 0.773. The number of rotatable bonds is 7. The Kier molecular flexibility index (Phi) is 8.88. The second kappa shape index (κ2) is 12.3. The number of amides is 5. The van der Waals surface area contributed by atoms with Gasteiger partial charge in [0.15, 0.2) is 17.2 Å². The predicted octanol–water partition coefficient (Wildman–Crippen LogP) is 3.33. The van der Waals surface area contributed by atoms with Gasteiger partial charge in [0, 0.05) is 37.3 Å². The highest BCUT2D eigenvalue weighted by molar-refractivity contribution is 6.04. The van der Waals surface area contributed by atoms with Crippen molar-refractivity contribution in [3.8, 4) is 17.2 Å². The molecule has 4 N–H and O–H groups in total. The number of benzene rings is 2. The zero-order chi connectivity index (χ0) is 29.0. The number of hydrogen-bond donors (Lipinski definition) is 4. The third kappa shape index (κ3) is 6.50.